The second kappa shape index (κ2) is 5.99. The summed E-state index contributed by atoms with van der Waals surface area (Å²) in [6.07, 6.45) is 3.80. The van der Waals surface area contributed by atoms with Crippen LogP contribution < -0.4 is 4.90 Å². The SMILES string of the molecule is CCC1CCc2ccccc2N1C1CCN(CC(=O)O)C1=O. The minimum Gasteiger partial charge on any atom is -0.480 e. The zero-order valence-corrected chi connectivity index (χ0v) is 12.9. The molecule has 0 saturated carbocycles. The molecule has 5 nitrogen and oxygen atoms in total. The van der Waals surface area contributed by atoms with Gasteiger partial charge in [0.05, 0.1) is 0 Å². The molecule has 0 spiro atoms. The van der Waals surface area contributed by atoms with Crippen molar-refractivity contribution in [2.75, 3.05) is 18.0 Å². The van der Waals surface area contributed by atoms with Gasteiger partial charge in [0.15, 0.2) is 0 Å². The summed E-state index contributed by atoms with van der Waals surface area (Å²) in [6, 6.07) is 8.40. The van der Waals surface area contributed by atoms with Gasteiger partial charge in [0.25, 0.3) is 0 Å². The van der Waals surface area contributed by atoms with Gasteiger partial charge in [-0.05, 0) is 37.3 Å². The summed E-state index contributed by atoms with van der Waals surface area (Å²) in [5.74, 6) is -0.988. The lowest BCUT2D eigenvalue weighted by molar-refractivity contribution is -0.143. The molecule has 1 amide bonds. The van der Waals surface area contributed by atoms with Crippen molar-refractivity contribution in [3.63, 3.8) is 0 Å². The van der Waals surface area contributed by atoms with Crippen molar-refractivity contribution in [2.45, 2.75) is 44.7 Å². The molecule has 2 aliphatic heterocycles. The molecular formula is C17H22N2O3. The fourth-order valence-corrected chi connectivity index (χ4v) is 3.76. The molecule has 3 rings (SSSR count). The summed E-state index contributed by atoms with van der Waals surface area (Å²) < 4.78 is 0. The van der Waals surface area contributed by atoms with Crippen LogP contribution >= 0.6 is 0 Å². The van der Waals surface area contributed by atoms with Crippen LogP contribution in [-0.4, -0.2) is 47.1 Å². The number of carboxylic acids is 1. The first-order valence-corrected chi connectivity index (χ1v) is 7.98. The normalized spacial score (nSPS) is 24.5. The van der Waals surface area contributed by atoms with Crippen molar-refractivity contribution in [2.24, 2.45) is 0 Å². The van der Waals surface area contributed by atoms with Gasteiger partial charge in [-0.1, -0.05) is 25.1 Å². The predicted molar refractivity (Wildman–Crippen MR) is 83.9 cm³/mol. The highest BCUT2D eigenvalue weighted by molar-refractivity contribution is 5.90. The van der Waals surface area contributed by atoms with E-state index in [1.54, 1.807) is 0 Å². The van der Waals surface area contributed by atoms with Crippen molar-refractivity contribution >= 4 is 17.6 Å². The molecule has 0 aromatic heterocycles. The van der Waals surface area contributed by atoms with Crippen LogP contribution in [0, 0.1) is 0 Å². The maximum absolute atomic E-state index is 12.6. The number of benzene rings is 1. The molecule has 2 aliphatic rings. The minimum absolute atomic E-state index is 0.0439. The van der Waals surface area contributed by atoms with Crippen LogP contribution in [0.3, 0.4) is 0 Å². The highest BCUT2D eigenvalue weighted by Crippen LogP contribution is 2.36. The number of amides is 1. The van der Waals surface area contributed by atoms with Gasteiger partial charge in [-0.25, -0.2) is 0 Å². The number of nitrogens with zero attached hydrogens (tertiary/aromatic N) is 2. The molecule has 0 radical (unpaired) electrons. The third-order valence-corrected chi connectivity index (χ3v) is 4.81. The number of carboxylic acid groups (broad SMARTS) is 1. The smallest absolute Gasteiger partial charge is 0.323 e. The lowest BCUT2D eigenvalue weighted by Gasteiger charge is -2.41. The molecule has 118 valence electrons. The van der Waals surface area contributed by atoms with Crippen LogP contribution in [-0.2, 0) is 16.0 Å². The van der Waals surface area contributed by atoms with E-state index in [0.29, 0.717) is 19.0 Å². The minimum atomic E-state index is -0.944. The van der Waals surface area contributed by atoms with Crippen molar-refractivity contribution in [1.29, 1.82) is 0 Å². The van der Waals surface area contributed by atoms with Crippen LogP contribution in [0.4, 0.5) is 5.69 Å². The second-order valence-corrected chi connectivity index (χ2v) is 6.09. The molecule has 1 aromatic rings. The van der Waals surface area contributed by atoms with Gasteiger partial charge in [0.1, 0.15) is 12.6 Å². The van der Waals surface area contributed by atoms with Crippen molar-refractivity contribution in [1.82, 2.24) is 4.90 Å². The highest BCUT2D eigenvalue weighted by Gasteiger charge is 2.40. The molecule has 1 N–H and O–H groups in total. The van der Waals surface area contributed by atoms with E-state index in [-0.39, 0.29) is 18.5 Å². The summed E-state index contributed by atoms with van der Waals surface area (Å²) in [4.78, 5) is 27.2. The first-order valence-electron chi connectivity index (χ1n) is 7.98. The number of hydrogen-bond donors (Lipinski definition) is 1. The topological polar surface area (TPSA) is 60.9 Å². The third-order valence-electron chi connectivity index (χ3n) is 4.81. The van der Waals surface area contributed by atoms with Gasteiger partial charge in [0, 0.05) is 18.3 Å². The molecule has 22 heavy (non-hydrogen) atoms. The fraction of sp³-hybridized carbons (Fsp3) is 0.529. The van der Waals surface area contributed by atoms with Crippen LogP contribution in [0.15, 0.2) is 24.3 Å². The van der Waals surface area contributed by atoms with E-state index in [2.05, 4.69) is 24.0 Å². The Morgan fingerprint density at radius 2 is 2.09 bits per heavy atom. The van der Waals surface area contributed by atoms with E-state index in [0.717, 1.165) is 24.9 Å². The van der Waals surface area contributed by atoms with Crippen LogP contribution in [0.5, 0.6) is 0 Å². The van der Waals surface area contributed by atoms with Crippen molar-refractivity contribution in [3.8, 4) is 0 Å². The predicted octanol–water partition coefficient (Wildman–Crippen LogP) is 1.90. The molecule has 2 heterocycles. The zero-order chi connectivity index (χ0) is 15.7. The number of carbonyl (C=O) groups is 2. The largest absolute Gasteiger partial charge is 0.480 e. The molecule has 0 bridgehead atoms. The van der Waals surface area contributed by atoms with Crippen molar-refractivity contribution < 1.29 is 14.7 Å². The maximum Gasteiger partial charge on any atom is 0.323 e. The average Bonchev–Trinajstić information content (AvgIpc) is 2.86. The molecule has 2 unspecified atom stereocenters. The number of para-hydroxylation sites is 1. The Kier molecular flexibility index (Phi) is 4.05. The van der Waals surface area contributed by atoms with E-state index in [1.165, 1.54) is 10.5 Å². The third kappa shape index (κ3) is 2.56. The van der Waals surface area contributed by atoms with E-state index in [9.17, 15) is 9.59 Å². The summed E-state index contributed by atoms with van der Waals surface area (Å²) in [5.41, 5.74) is 2.44. The fourth-order valence-electron chi connectivity index (χ4n) is 3.76. The molecule has 1 saturated heterocycles. The van der Waals surface area contributed by atoms with E-state index in [4.69, 9.17) is 5.11 Å². The number of aliphatic carboxylic acids is 1. The van der Waals surface area contributed by atoms with E-state index in [1.807, 2.05) is 12.1 Å². The summed E-state index contributed by atoms with van der Waals surface area (Å²) >= 11 is 0. The number of carbonyl (C=O) groups excluding carboxylic acids is 1. The molecule has 1 aromatic carbocycles. The van der Waals surface area contributed by atoms with Gasteiger partial charge in [-0.2, -0.15) is 0 Å². The quantitative estimate of drug-likeness (QED) is 0.923. The van der Waals surface area contributed by atoms with E-state index < -0.39 is 5.97 Å². The Hall–Kier alpha value is -2.04. The number of rotatable bonds is 4. The van der Waals surface area contributed by atoms with Crippen LogP contribution in [0.25, 0.3) is 0 Å². The average molecular weight is 302 g/mol. The first-order chi connectivity index (χ1) is 10.6. The van der Waals surface area contributed by atoms with E-state index >= 15 is 0 Å². The molecular weight excluding hydrogens is 280 g/mol. The number of likely N-dealkylation sites (tertiary alicyclic amines) is 1. The first kappa shape index (κ1) is 14.9. The summed E-state index contributed by atoms with van der Waals surface area (Å²) in [7, 11) is 0. The van der Waals surface area contributed by atoms with Gasteiger partial charge in [-0.15, -0.1) is 0 Å². The molecule has 1 fully saturated rings. The van der Waals surface area contributed by atoms with Gasteiger partial charge >= 0.3 is 5.97 Å². The Morgan fingerprint density at radius 1 is 1.32 bits per heavy atom. The summed E-state index contributed by atoms with van der Waals surface area (Å²) in [5, 5.41) is 8.94. The molecule has 0 aliphatic carbocycles. The van der Waals surface area contributed by atoms with Crippen molar-refractivity contribution in [3.05, 3.63) is 29.8 Å². The van der Waals surface area contributed by atoms with Gasteiger partial charge in [0.2, 0.25) is 5.91 Å². The lowest BCUT2D eigenvalue weighted by Crippen LogP contribution is -2.50. The second-order valence-electron chi connectivity index (χ2n) is 6.09. The lowest BCUT2D eigenvalue weighted by atomic mass is 9.92. The van der Waals surface area contributed by atoms with Gasteiger partial charge in [-0.3, -0.25) is 9.59 Å². The number of anilines is 1. The number of fused-ring (bicyclic) bond motifs is 1. The maximum atomic E-state index is 12.6. The monoisotopic (exact) mass is 302 g/mol. The number of aryl methyl sites for hydroxylation is 1. The number of hydrogen-bond acceptors (Lipinski definition) is 3. The highest BCUT2D eigenvalue weighted by atomic mass is 16.4. The zero-order valence-electron chi connectivity index (χ0n) is 12.9. The van der Waals surface area contributed by atoms with Gasteiger partial charge < -0.3 is 14.9 Å². The molecule has 5 heteroatoms. The molecule has 2 atom stereocenters. The Bertz CT molecular complexity index is 587. The van der Waals surface area contributed by atoms with Crippen LogP contribution in [0.1, 0.15) is 31.7 Å². The standard InChI is InChI=1S/C17H22N2O3/c1-2-13-8-7-12-5-3-4-6-14(12)19(13)15-9-10-18(17(15)22)11-16(20)21/h3-6,13,15H,2,7-11H2,1H3,(H,20,21). The Labute approximate surface area is 130 Å². The summed E-state index contributed by atoms with van der Waals surface area (Å²) in [6.45, 7) is 2.49. The van der Waals surface area contributed by atoms with Crippen LogP contribution in [0.2, 0.25) is 0 Å². The Balaban J connectivity index is 1.89. The Morgan fingerprint density at radius 3 is 2.82 bits per heavy atom.